The van der Waals surface area contributed by atoms with E-state index in [4.69, 9.17) is 8.83 Å². The number of nitrogens with zero attached hydrogens (tertiary/aromatic N) is 3. The average Bonchev–Trinajstić information content (AvgIpc) is 3.41. The summed E-state index contributed by atoms with van der Waals surface area (Å²) >= 11 is 0. The van der Waals surface area contributed by atoms with Crippen molar-refractivity contribution in [2.75, 3.05) is 39.3 Å². The molecule has 0 radical (unpaired) electrons. The van der Waals surface area contributed by atoms with Crippen molar-refractivity contribution in [1.29, 1.82) is 0 Å². The van der Waals surface area contributed by atoms with Gasteiger partial charge in [0.2, 0.25) is 5.91 Å². The lowest BCUT2D eigenvalue weighted by Crippen LogP contribution is -2.53. The van der Waals surface area contributed by atoms with Crippen molar-refractivity contribution in [3.05, 3.63) is 48.3 Å². The Labute approximate surface area is 158 Å². The molecule has 2 aromatic heterocycles. The normalized spacial score (nSPS) is 21.4. The molecule has 144 valence electrons. The minimum atomic E-state index is -0.102. The summed E-state index contributed by atoms with van der Waals surface area (Å²) in [5.41, 5.74) is 0. The van der Waals surface area contributed by atoms with E-state index in [2.05, 4.69) is 4.90 Å². The molecule has 0 aromatic carbocycles. The number of likely N-dealkylation sites (tertiary alicyclic amines) is 1. The molecule has 27 heavy (non-hydrogen) atoms. The Morgan fingerprint density at radius 1 is 0.963 bits per heavy atom. The van der Waals surface area contributed by atoms with Crippen LogP contribution in [0.15, 0.2) is 45.6 Å². The van der Waals surface area contributed by atoms with Gasteiger partial charge in [0.25, 0.3) is 5.91 Å². The van der Waals surface area contributed by atoms with E-state index >= 15 is 0 Å². The summed E-state index contributed by atoms with van der Waals surface area (Å²) in [6.07, 6.45) is 5.14. The first kappa shape index (κ1) is 17.9. The van der Waals surface area contributed by atoms with Gasteiger partial charge in [0.15, 0.2) is 5.76 Å². The van der Waals surface area contributed by atoms with Crippen LogP contribution in [0.4, 0.5) is 0 Å². The number of piperazine rings is 1. The molecule has 4 rings (SSSR count). The molecule has 7 nitrogen and oxygen atoms in total. The number of rotatable bonds is 4. The number of hydrogen-bond acceptors (Lipinski definition) is 5. The van der Waals surface area contributed by atoms with Crippen LogP contribution in [0.2, 0.25) is 0 Å². The van der Waals surface area contributed by atoms with Crippen molar-refractivity contribution in [2.24, 2.45) is 5.92 Å². The van der Waals surface area contributed by atoms with Gasteiger partial charge in [-0.05, 0) is 43.7 Å². The summed E-state index contributed by atoms with van der Waals surface area (Å²) in [6, 6.07) is 7.26. The molecular formula is C20H25N3O4. The lowest BCUT2D eigenvalue weighted by Gasteiger charge is -2.38. The van der Waals surface area contributed by atoms with Crippen molar-refractivity contribution in [3.8, 4) is 0 Å². The molecule has 2 fully saturated rings. The summed E-state index contributed by atoms with van der Waals surface area (Å²) in [6.45, 7) is 4.78. The highest BCUT2D eigenvalue weighted by Gasteiger charge is 2.32. The Morgan fingerprint density at radius 2 is 1.70 bits per heavy atom. The molecule has 7 heteroatoms. The summed E-state index contributed by atoms with van der Waals surface area (Å²) in [5, 5.41) is 0. The van der Waals surface area contributed by atoms with Crippen molar-refractivity contribution in [1.82, 2.24) is 14.7 Å². The standard InChI is InChI=1S/C20H25N3O4/c24-19(16-4-1-7-21(14-16)15-17-5-2-12-26-17)22-8-10-23(11-9-22)20(25)18-6-3-13-27-18/h2-3,5-6,12-13,16H,1,4,7-11,14-15H2. The molecule has 1 atom stereocenters. The van der Waals surface area contributed by atoms with E-state index in [1.807, 2.05) is 17.0 Å². The molecule has 0 aliphatic carbocycles. The maximum absolute atomic E-state index is 13.0. The first-order valence-electron chi connectivity index (χ1n) is 9.57. The number of amides is 2. The number of hydrogen-bond donors (Lipinski definition) is 0. The van der Waals surface area contributed by atoms with E-state index in [0.717, 1.165) is 38.2 Å². The molecule has 2 aliphatic heterocycles. The summed E-state index contributed by atoms with van der Waals surface area (Å²) in [4.78, 5) is 31.3. The Balaban J connectivity index is 1.29. The lowest BCUT2D eigenvalue weighted by molar-refractivity contribution is -0.139. The second-order valence-electron chi connectivity index (χ2n) is 7.25. The number of carbonyl (C=O) groups excluding carboxylic acids is 2. The van der Waals surface area contributed by atoms with Gasteiger partial charge in [-0.2, -0.15) is 0 Å². The van der Waals surface area contributed by atoms with Crippen molar-refractivity contribution in [2.45, 2.75) is 19.4 Å². The first-order valence-corrected chi connectivity index (χ1v) is 9.57. The maximum Gasteiger partial charge on any atom is 0.289 e. The number of piperidine rings is 1. The van der Waals surface area contributed by atoms with Crippen LogP contribution >= 0.6 is 0 Å². The molecule has 2 aromatic rings. The molecule has 0 saturated carbocycles. The summed E-state index contributed by atoms with van der Waals surface area (Å²) in [7, 11) is 0. The zero-order valence-corrected chi connectivity index (χ0v) is 15.4. The summed E-state index contributed by atoms with van der Waals surface area (Å²) in [5.74, 6) is 1.43. The third-order valence-electron chi connectivity index (χ3n) is 5.42. The smallest absolute Gasteiger partial charge is 0.289 e. The largest absolute Gasteiger partial charge is 0.468 e. The van der Waals surface area contributed by atoms with Gasteiger partial charge in [-0.1, -0.05) is 0 Å². The Hall–Kier alpha value is -2.54. The fraction of sp³-hybridized carbons (Fsp3) is 0.500. The van der Waals surface area contributed by atoms with Crippen LogP contribution in [0.3, 0.4) is 0 Å². The van der Waals surface area contributed by atoms with E-state index in [1.54, 1.807) is 23.3 Å². The molecule has 2 aliphatic rings. The SMILES string of the molecule is O=C(c1ccco1)N1CCN(C(=O)C2CCCN(Cc3ccco3)C2)CC1. The second-order valence-corrected chi connectivity index (χ2v) is 7.25. The van der Waals surface area contributed by atoms with Crippen LogP contribution in [0.5, 0.6) is 0 Å². The Kier molecular flexibility index (Phi) is 5.29. The van der Waals surface area contributed by atoms with Gasteiger partial charge in [0.05, 0.1) is 25.0 Å². The monoisotopic (exact) mass is 371 g/mol. The fourth-order valence-corrected chi connectivity index (χ4v) is 3.97. The van der Waals surface area contributed by atoms with E-state index in [9.17, 15) is 9.59 Å². The minimum Gasteiger partial charge on any atom is -0.468 e. The van der Waals surface area contributed by atoms with Crippen molar-refractivity contribution >= 4 is 11.8 Å². The highest BCUT2D eigenvalue weighted by Crippen LogP contribution is 2.22. The van der Waals surface area contributed by atoms with Gasteiger partial charge in [-0.3, -0.25) is 14.5 Å². The molecule has 2 amide bonds. The molecule has 0 N–H and O–H groups in total. The number of carbonyl (C=O) groups is 2. The van der Waals surface area contributed by atoms with Gasteiger partial charge in [0.1, 0.15) is 5.76 Å². The molecular weight excluding hydrogens is 346 g/mol. The molecule has 0 bridgehead atoms. The van der Waals surface area contributed by atoms with Crippen molar-refractivity contribution in [3.63, 3.8) is 0 Å². The zero-order valence-electron chi connectivity index (χ0n) is 15.4. The fourth-order valence-electron chi connectivity index (χ4n) is 3.97. The van der Waals surface area contributed by atoms with Crippen molar-refractivity contribution < 1.29 is 18.4 Å². The lowest BCUT2D eigenvalue weighted by atomic mass is 9.96. The van der Waals surface area contributed by atoms with Gasteiger partial charge in [-0.15, -0.1) is 0 Å². The average molecular weight is 371 g/mol. The van der Waals surface area contributed by atoms with Crippen LogP contribution in [-0.2, 0) is 11.3 Å². The zero-order chi connectivity index (χ0) is 18.6. The highest BCUT2D eigenvalue weighted by molar-refractivity contribution is 5.91. The van der Waals surface area contributed by atoms with E-state index in [1.165, 1.54) is 6.26 Å². The third kappa shape index (κ3) is 4.08. The second kappa shape index (κ2) is 8.00. The Morgan fingerprint density at radius 3 is 2.41 bits per heavy atom. The van der Waals surface area contributed by atoms with Crippen LogP contribution in [-0.4, -0.2) is 65.8 Å². The van der Waals surface area contributed by atoms with Crippen LogP contribution in [0, 0.1) is 5.92 Å². The van der Waals surface area contributed by atoms with E-state index < -0.39 is 0 Å². The molecule has 0 spiro atoms. The molecule has 4 heterocycles. The Bertz CT molecular complexity index is 748. The predicted octanol–water partition coefficient (Wildman–Crippen LogP) is 2.07. The molecule has 1 unspecified atom stereocenters. The number of furan rings is 2. The highest BCUT2D eigenvalue weighted by atomic mass is 16.3. The maximum atomic E-state index is 13.0. The quantitative estimate of drug-likeness (QED) is 0.823. The third-order valence-corrected chi connectivity index (χ3v) is 5.42. The summed E-state index contributed by atoms with van der Waals surface area (Å²) < 4.78 is 10.6. The molecule has 2 saturated heterocycles. The van der Waals surface area contributed by atoms with Gasteiger partial charge >= 0.3 is 0 Å². The van der Waals surface area contributed by atoms with Gasteiger partial charge in [-0.25, -0.2) is 0 Å². The van der Waals surface area contributed by atoms with Gasteiger partial charge < -0.3 is 18.6 Å². The van der Waals surface area contributed by atoms with Crippen LogP contribution in [0.25, 0.3) is 0 Å². The first-order chi connectivity index (χ1) is 13.2. The minimum absolute atomic E-state index is 0.0287. The van der Waals surface area contributed by atoms with E-state index in [-0.39, 0.29) is 17.7 Å². The predicted molar refractivity (Wildman–Crippen MR) is 97.9 cm³/mol. The van der Waals surface area contributed by atoms with Crippen LogP contribution in [0.1, 0.15) is 29.2 Å². The van der Waals surface area contributed by atoms with Crippen LogP contribution < -0.4 is 0 Å². The topological polar surface area (TPSA) is 70.1 Å². The van der Waals surface area contributed by atoms with E-state index in [0.29, 0.717) is 31.9 Å². The van der Waals surface area contributed by atoms with Gasteiger partial charge in [0, 0.05) is 32.7 Å².